The van der Waals surface area contributed by atoms with Crippen molar-refractivity contribution in [2.24, 2.45) is 0 Å². The number of ether oxygens (including phenoxy) is 1. The van der Waals surface area contributed by atoms with E-state index < -0.39 is 6.09 Å². The Morgan fingerprint density at radius 3 is 2.88 bits per heavy atom. The molecule has 0 aliphatic rings. The quantitative estimate of drug-likeness (QED) is 0.755. The van der Waals surface area contributed by atoms with Gasteiger partial charge in [-0.2, -0.15) is 4.68 Å². The zero-order chi connectivity index (χ0) is 17.1. The number of nitrogen functional groups attached to an aromatic ring is 1. The number of carbonyl (C=O) groups excluding carboxylic acids is 2. The first kappa shape index (κ1) is 15.5. The smallest absolute Gasteiger partial charge is 0.407 e. The number of benzene rings is 1. The molecule has 24 heavy (non-hydrogen) atoms. The van der Waals surface area contributed by atoms with Gasteiger partial charge in [0.1, 0.15) is 0 Å². The van der Waals surface area contributed by atoms with E-state index in [1.165, 1.54) is 18.0 Å². The molecule has 0 atom stereocenters. The second kappa shape index (κ2) is 6.37. The molecule has 0 saturated heterocycles. The lowest BCUT2D eigenvalue weighted by atomic mass is 10.2. The summed E-state index contributed by atoms with van der Waals surface area (Å²) in [4.78, 5) is 28.0. The Kier molecular flexibility index (Phi) is 4.11. The molecule has 1 amide bonds. The highest BCUT2D eigenvalue weighted by Crippen LogP contribution is 2.21. The van der Waals surface area contributed by atoms with Crippen molar-refractivity contribution >= 4 is 28.7 Å². The van der Waals surface area contributed by atoms with E-state index in [0.29, 0.717) is 28.0 Å². The first-order valence-electron chi connectivity index (χ1n) is 7.15. The van der Waals surface area contributed by atoms with Crippen LogP contribution in [0.25, 0.3) is 10.9 Å². The maximum absolute atomic E-state index is 12.7. The summed E-state index contributed by atoms with van der Waals surface area (Å²) in [6.45, 7) is 0.149. The molecule has 3 N–H and O–H groups in total. The number of carbonyl (C=O) groups is 2. The van der Waals surface area contributed by atoms with Crippen LogP contribution in [-0.4, -0.2) is 33.9 Å². The number of nitrogens with two attached hydrogens (primary N) is 1. The third-order valence-electron chi connectivity index (χ3n) is 3.47. The summed E-state index contributed by atoms with van der Waals surface area (Å²) in [6.07, 6.45) is 0.927. The summed E-state index contributed by atoms with van der Waals surface area (Å²) < 4.78 is 5.76. The number of para-hydroxylation sites is 1. The summed E-state index contributed by atoms with van der Waals surface area (Å²) in [5.41, 5.74) is 7.40. The largest absolute Gasteiger partial charge is 0.453 e. The second-order valence-corrected chi connectivity index (χ2v) is 5.00. The predicted molar refractivity (Wildman–Crippen MR) is 87.4 cm³/mol. The molecule has 1 aromatic carbocycles. The summed E-state index contributed by atoms with van der Waals surface area (Å²) in [7, 11) is 1.27. The van der Waals surface area contributed by atoms with E-state index in [1.54, 1.807) is 24.3 Å². The second-order valence-electron chi connectivity index (χ2n) is 5.00. The van der Waals surface area contributed by atoms with Crippen LogP contribution in [0.15, 0.2) is 42.6 Å². The van der Waals surface area contributed by atoms with Crippen molar-refractivity contribution in [3.8, 4) is 0 Å². The van der Waals surface area contributed by atoms with Gasteiger partial charge in [-0.05, 0) is 24.3 Å². The molecule has 0 aliphatic heterocycles. The van der Waals surface area contributed by atoms with Gasteiger partial charge in [-0.15, -0.1) is 5.10 Å². The fourth-order valence-electron chi connectivity index (χ4n) is 2.31. The molecular formula is C16H15N5O3. The number of amides is 1. The molecule has 3 rings (SSSR count). The fraction of sp³-hybridized carbons (Fsp3) is 0.125. The summed E-state index contributed by atoms with van der Waals surface area (Å²) >= 11 is 0. The molecule has 3 aromatic rings. The summed E-state index contributed by atoms with van der Waals surface area (Å²) in [5.74, 6) is -0.0368. The Balaban J connectivity index is 1.91. The highest BCUT2D eigenvalue weighted by molar-refractivity contribution is 6.03. The van der Waals surface area contributed by atoms with Crippen molar-refractivity contribution in [2.45, 2.75) is 6.54 Å². The van der Waals surface area contributed by atoms with Crippen molar-refractivity contribution in [3.63, 3.8) is 0 Å². The maximum Gasteiger partial charge on any atom is 0.407 e. The van der Waals surface area contributed by atoms with Crippen molar-refractivity contribution < 1.29 is 14.3 Å². The van der Waals surface area contributed by atoms with Crippen molar-refractivity contribution in [2.75, 3.05) is 12.8 Å². The molecule has 8 nitrogen and oxygen atoms in total. The molecule has 122 valence electrons. The minimum absolute atomic E-state index is 0.149. The van der Waals surface area contributed by atoms with E-state index in [9.17, 15) is 9.59 Å². The average molecular weight is 325 g/mol. The molecule has 2 aromatic heterocycles. The number of methoxy groups -OCH3 is 1. The summed E-state index contributed by atoms with van der Waals surface area (Å²) in [6, 6.07) is 10.4. The number of fused-ring (bicyclic) bond motifs is 1. The SMILES string of the molecule is COC(=O)NCc1cc(C(=O)n2nc(N)c3ccccc32)ccn1. The van der Waals surface area contributed by atoms with E-state index in [1.807, 2.05) is 12.1 Å². The Bertz CT molecular complexity index is 919. The molecule has 0 radical (unpaired) electrons. The van der Waals surface area contributed by atoms with Crippen LogP contribution in [0.3, 0.4) is 0 Å². The first-order chi connectivity index (χ1) is 11.6. The first-order valence-corrected chi connectivity index (χ1v) is 7.15. The number of hydrogen-bond donors (Lipinski definition) is 2. The number of anilines is 1. The van der Waals surface area contributed by atoms with Gasteiger partial charge in [-0.1, -0.05) is 12.1 Å². The van der Waals surface area contributed by atoms with Crippen LogP contribution in [0.2, 0.25) is 0 Å². The van der Waals surface area contributed by atoms with E-state index in [4.69, 9.17) is 5.73 Å². The van der Waals surface area contributed by atoms with Crippen molar-refractivity contribution in [3.05, 3.63) is 53.9 Å². The predicted octanol–water partition coefficient (Wildman–Crippen LogP) is 1.56. The van der Waals surface area contributed by atoms with Gasteiger partial charge in [0.2, 0.25) is 0 Å². The van der Waals surface area contributed by atoms with Crippen LogP contribution in [0.1, 0.15) is 16.1 Å². The molecule has 0 spiro atoms. The van der Waals surface area contributed by atoms with E-state index in [-0.39, 0.29) is 12.5 Å². The third-order valence-corrected chi connectivity index (χ3v) is 3.47. The molecular weight excluding hydrogens is 310 g/mol. The number of aromatic nitrogens is 3. The highest BCUT2D eigenvalue weighted by Gasteiger charge is 2.16. The number of rotatable bonds is 3. The Morgan fingerprint density at radius 2 is 2.08 bits per heavy atom. The molecule has 0 saturated carbocycles. The number of pyridine rings is 1. The zero-order valence-electron chi connectivity index (χ0n) is 12.9. The van der Waals surface area contributed by atoms with Gasteiger partial charge in [-0.25, -0.2) is 4.79 Å². The average Bonchev–Trinajstić information content (AvgIpc) is 2.96. The van der Waals surface area contributed by atoms with Crippen LogP contribution in [0.4, 0.5) is 10.6 Å². The zero-order valence-corrected chi connectivity index (χ0v) is 12.9. The fourth-order valence-corrected chi connectivity index (χ4v) is 2.31. The van der Waals surface area contributed by atoms with Crippen LogP contribution in [0.5, 0.6) is 0 Å². The lowest BCUT2D eigenvalue weighted by molar-refractivity contribution is 0.0950. The third kappa shape index (κ3) is 2.89. The standard InChI is InChI=1S/C16H15N5O3/c1-24-16(23)19-9-11-8-10(6-7-18-11)15(22)21-13-5-3-2-4-12(13)14(17)20-21/h2-8H,9H2,1H3,(H2,17,20)(H,19,23). The number of nitrogens with zero attached hydrogens (tertiary/aromatic N) is 3. The number of nitrogens with one attached hydrogen (secondary N) is 1. The maximum atomic E-state index is 12.7. The Labute approximate surface area is 137 Å². The summed E-state index contributed by atoms with van der Waals surface area (Å²) in [5, 5.41) is 7.34. The van der Waals surface area contributed by atoms with Crippen molar-refractivity contribution in [1.29, 1.82) is 0 Å². The van der Waals surface area contributed by atoms with E-state index >= 15 is 0 Å². The number of hydrogen-bond acceptors (Lipinski definition) is 6. The Hall–Kier alpha value is -3.42. The van der Waals surface area contributed by atoms with Crippen LogP contribution in [0, 0.1) is 0 Å². The monoisotopic (exact) mass is 325 g/mol. The van der Waals surface area contributed by atoms with Crippen LogP contribution >= 0.6 is 0 Å². The lowest BCUT2D eigenvalue weighted by Gasteiger charge is -2.06. The molecule has 8 heteroatoms. The van der Waals surface area contributed by atoms with Crippen LogP contribution < -0.4 is 11.1 Å². The van der Waals surface area contributed by atoms with E-state index in [2.05, 4.69) is 20.1 Å². The normalized spacial score (nSPS) is 10.5. The number of alkyl carbamates (subject to hydrolysis) is 1. The molecule has 0 bridgehead atoms. The van der Waals surface area contributed by atoms with Gasteiger partial charge < -0.3 is 15.8 Å². The van der Waals surface area contributed by atoms with Gasteiger partial charge in [-0.3, -0.25) is 9.78 Å². The molecule has 2 heterocycles. The highest BCUT2D eigenvalue weighted by atomic mass is 16.5. The topological polar surface area (TPSA) is 112 Å². The van der Waals surface area contributed by atoms with Gasteiger partial charge in [0.15, 0.2) is 5.82 Å². The molecule has 0 unspecified atom stereocenters. The van der Waals surface area contributed by atoms with Gasteiger partial charge in [0, 0.05) is 17.1 Å². The Morgan fingerprint density at radius 1 is 1.29 bits per heavy atom. The molecule has 0 aliphatic carbocycles. The minimum atomic E-state index is -0.570. The minimum Gasteiger partial charge on any atom is -0.453 e. The van der Waals surface area contributed by atoms with Crippen LogP contribution in [-0.2, 0) is 11.3 Å². The molecule has 0 fully saturated rings. The van der Waals surface area contributed by atoms with Gasteiger partial charge in [0.05, 0.1) is 24.9 Å². The van der Waals surface area contributed by atoms with Gasteiger partial charge >= 0.3 is 6.09 Å². The van der Waals surface area contributed by atoms with Crippen molar-refractivity contribution in [1.82, 2.24) is 20.1 Å². The van der Waals surface area contributed by atoms with E-state index in [0.717, 1.165) is 0 Å². The lowest BCUT2D eigenvalue weighted by Crippen LogP contribution is -2.23. The van der Waals surface area contributed by atoms with Gasteiger partial charge in [0.25, 0.3) is 5.91 Å².